The van der Waals surface area contributed by atoms with Crippen LogP contribution in [-0.2, 0) is 0 Å². The van der Waals surface area contributed by atoms with Crippen molar-refractivity contribution >= 4 is 24.4 Å². The second-order valence-corrected chi connectivity index (χ2v) is 8.76. The van der Waals surface area contributed by atoms with Crippen molar-refractivity contribution in [2.24, 2.45) is 5.92 Å². The Morgan fingerprint density at radius 2 is 2.10 bits per heavy atom. The molecular formula is C17H34N2S2. The van der Waals surface area contributed by atoms with Gasteiger partial charge in [0.15, 0.2) is 0 Å². The topological polar surface area (TPSA) is 15.3 Å². The van der Waals surface area contributed by atoms with Gasteiger partial charge in [-0.2, -0.15) is 12.6 Å². The van der Waals surface area contributed by atoms with E-state index in [0.717, 1.165) is 12.3 Å². The van der Waals surface area contributed by atoms with Crippen molar-refractivity contribution in [3.8, 4) is 0 Å². The van der Waals surface area contributed by atoms with Crippen LogP contribution in [0.1, 0.15) is 53.9 Å². The van der Waals surface area contributed by atoms with Gasteiger partial charge in [-0.3, -0.25) is 0 Å². The molecule has 4 heteroatoms. The molecule has 0 aromatic heterocycles. The number of unbranched alkanes of at least 4 members (excludes halogenated alkanes) is 1. The molecule has 0 aliphatic carbocycles. The Labute approximate surface area is 141 Å². The van der Waals surface area contributed by atoms with Gasteiger partial charge in [0.25, 0.3) is 0 Å². The lowest BCUT2D eigenvalue weighted by atomic mass is 10.00. The summed E-state index contributed by atoms with van der Waals surface area (Å²) in [5.41, 5.74) is 1.23. The Bertz CT molecular complexity index is 333. The minimum Gasteiger partial charge on any atom is -0.357 e. The number of allylic oxidation sites excluding steroid dienone is 1. The summed E-state index contributed by atoms with van der Waals surface area (Å²) in [7, 11) is 0. The summed E-state index contributed by atoms with van der Waals surface area (Å²) >= 11 is 6.42. The molecule has 0 bridgehead atoms. The van der Waals surface area contributed by atoms with Crippen LogP contribution in [-0.4, -0.2) is 39.9 Å². The van der Waals surface area contributed by atoms with Gasteiger partial charge >= 0.3 is 0 Å². The molecule has 0 radical (unpaired) electrons. The lowest BCUT2D eigenvalue weighted by molar-refractivity contribution is 0.158. The van der Waals surface area contributed by atoms with E-state index in [1.54, 1.807) is 0 Å². The smallest absolute Gasteiger partial charge is 0.0833 e. The highest BCUT2D eigenvalue weighted by molar-refractivity contribution is 8.00. The van der Waals surface area contributed by atoms with Gasteiger partial charge in [-0.15, -0.1) is 11.8 Å². The normalized spacial score (nSPS) is 27.4. The van der Waals surface area contributed by atoms with Gasteiger partial charge in [0.05, 0.1) is 4.87 Å². The van der Waals surface area contributed by atoms with E-state index in [0.29, 0.717) is 18.0 Å². The highest BCUT2D eigenvalue weighted by Crippen LogP contribution is 2.46. The lowest BCUT2D eigenvalue weighted by Gasteiger charge is -2.41. The van der Waals surface area contributed by atoms with E-state index in [9.17, 15) is 0 Å². The molecule has 21 heavy (non-hydrogen) atoms. The molecule has 3 atom stereocenters. The summed E-state index contributed by atoms with van der Waals surface area (Å²) in [5.74, 6) is 2.83. The second kappa shape index (κ2) is 8.73. The summed E-state index contributed by atoms with van der Waals surface area (Å²) in [5, 5.41) is 3.52. The van der Waals surface area contributed by atoms with Crippen LogP contribution >= 0.6 is 24.4 Å². The molecule has 1 fully saturated rings. The van der Waals surface area contributed by atoms with Crippen molar-refractivity contribution in [3.05, 3.63) is 12.3 Å². The van der Waals surface area contributed by atoms with Crippen LogP contribution in [0.3, 0.4) is 0 Å². The molecular weight excluding hydrogens is 296 g/mol. The van der Waals surface area contributed by atoms with Crippen LogP contribution in [0.25, 0.3) is 0 Å². The number of hydrogen-bond donors (Lipinski definition) is 2. The highest BCUT2D eigenvalue weighted by Gasteiger charge is 2.43. The zero-order valence-corrected chi connectivity index (χ0v) is 16.2. The first kappa shape index (κ1) is 19.2. The van der Waals surface area contributed by atoms with E-state index in [1.165, 1.54) is 30.7 Å². The van der Waals surface area contributed by atoms with E-state index in [4.69, 9.17) is 0 Å². The van der Waals surface area contributed by atoms with Gasteiger partial charge < -0.3 is 10.2 Å². The Morgan fingerprint density at radius 1 is 1.43 bits per heavy atom. The SMILES string of the molecule is C=C(C)N1C(C(C)C)CSC1(C)CCCCNC(C)CS. The minimum atomic E-state index is 0.232. The van der Waals surface area contributed by atoms with Crippen LogP contribution in [0.15, 0.2) is 12.3 Å². The van der Waals surface area contributed by atoms with E-state index >= 15 is 0 Å². The summed E-state index contributed by atoms with van der Waals surface area (Å²) in [6.45, 7) is 16.7. The fraction of sp³-hybridized carbons (Fsp3) is 0.882. The Morgan fingerprint density at radius 3 is 2.62 bits per heavy atom. The van der Waals surface area contributed by atoms with E-state index < -0.39 is 0 Å². The summed E-state index contributed by atoms with van der Waals surface area (Å²) < 4.78 is 0. The molecule has 124 valence electrons. The van der Waals surface area contributed by atoms with Gasteiger partial charge in [0.2, 0.25) is 0 Å². The molecule has 3 unspecified atom stereocenters. The molecule has 0 aromatic rings. The van der Waals surface area contributed by atoms with Crippen molar-refractivity contribution in [1.82, 2.24) is 10.2 Å². The first-order valence-corrected chi connectivity index (χ1v) is 9.86. The van der Waals surface area contributed by atoms with Crippen LogP contribution in [0.4, 0.5) is 0 Å². The van der Waals surface area contributed by atoms with Crippen molar-refractivity contribution in [3.63, 3.8) is 0 Å². The maximum Gasteiger partial charge on any atom is 0.0833 e. The molecule has 1 aliphatic heterocycles. The average molecular weight is 331 g/mol. The maximum atomic E-state index is 4.31. The Kier molecular flexibility index (Phi) is 8.00. The van der Waals surface area contributed by atoms with Gasteiger partial charge in [-0.1, -0.05) is 20.4 Å². The summed E-state index contributed by atoms with van der Waals surface area (Å²) in [6.07, 6.45) is 3.75. The van der Waals surface area contributed by atoms with Crippen LogP contribution in [0.5, 0.6) is 0 Å². The van der Waals surface area contributed by atoms with Crippen molar-refractivity contribution in [1.29, 1.82) is 0 Å². The molecule has 1 heterocycles. The minimum absolute atomic E-state index is 0.232. The van der Waals surface area contributed by atoms with Crippen LogP contribution < -0.4 is 5.32 Å². The third kappa shape index (κ3) is 5.40. The Balaban J connectivity index is 2.46. The zero-order valence-electron chi connectivity index (χ0n) is 14.5. The third-order valence-electron chi connectivity index (χ3n) is 4.42. The first-order valence-electron chi connectivity index (χ1n) is 8.25. The monoisotopic (exact) mass is 330 g/mol. The molecule has 2 nitrogen and oxygen atoms in total. The molecule has 1 rings (SSSR count). The number of thioether (sulfide) groups is 1. The van der Waals surface area contributed by atoms with Gasteiger partial charge in [0.1, 0.15) is 0 Å². The molecule has 0 saturated carbocycles. The molecule has 1 saturated heterocycles. The van der Waals surface area contributed by atoms with Crippen LogP contribution in [0, 0.1) is 5.92 Å². The zero-order chi connectivity index (χ0) is 16.0. The predicted octanol–water partition coefficient (Wildman–Crippen LogP) is 4.39. The first-order chi connectivity index (χ1) is 9.81. The maximum absolute atomic E-state index is 4.31. The highest BCUT2D eigenvalue weighted by atomic mass is 32.2. The number of rotatable bonds is 9. The summed E-state index contributed by atoms with van der Waals surface area (Å²) in [4.78, 5) is 2.82. The van der Waals surface area contributed by atoms with E-state index in [2.05, 4.69) is 75.8 Å². The molecule has 0 aromatic carbocycles. The average Bonchev–Trinajstić information content (AvgIpc) is 2.76. The lowest BCUT2D eigenvalue weighted by Crippen LogP contribution is -2.44. The van der Waals surface area contributed by atoms with E-state index in [1.807, 2.05) is 0 Å². The number of nitrogens with zero attached hydrogens (tertiary/aromatic N) is 1. The standard InChI is InChI=1S/C17H34N2S2/c1-13(2)16-12-21-17(6,19(16)14(3)4)9-7-8-10-18-15(5)11-20/h13,15-16,18,20H,3,7-12H2,1-2,4-6H3. The molecule has 0 amide bonds. The fourth-order valence-corrected chi connectivity index (χ4v) is 5.03. The number of thiol groups is 1. The van der Waals surface area contributed by atoms with Gasteiger partial charge in [-0.25, -0.2) is 0 Å². The van der Waals surface area contributed by atoms with Crippen molar-refractivity contribution in [2.45, 2.75) is 70.8 Å². The quantitative estimate of drug-likeness (QED) is 0.482. The molecule has 0 spiro atoms. The fourth-order valence-electron chi connectivity index (χ4n) is 3.12. The predicted molar refractivity (Wildman–Crippen MR) is 101 cm³/mol. The number of hydrogen-bond acceptors (Lipinski definition) is 4. The largest absolute Gasteiger partial charge is 0.357 e. The molecule has 1 N–H and O–H groups in total. The van der Waals surface area contributed by atoms with Crippen molar-refractivity contribution in [2.75, 3.05) is 18.1 Å². The van der Waals surface area contributed by atoms with Crippen molar-refractivity contribution < 1.29 is 0 Å². The van der Waals surface area contributed by atoms with Gasteiger partial charge in [0, 0.05) is 29.3 Å². The third-order valence-corrected chi connectivity index (χ3v) is 6.50. The molecule has 1 aliphatic rings. The van der Waals surface area contributed by atoms with Crippen LogP contribution in [0.2, 0.25) is 0 Å². The number of nitrogens with one attached hydrogen (secondary N) is 1. The Hall–Kier alpha value is 0.200. The van der Waals surface area contributed by atoms with E-state index in [-0.39, 0.29) is 4.87 Å². The second-order valence-electron chi connectivity index (χ2n) is 6.90. The summed E-state index contributed by atoms with van der Waals surface area (Å²) in [6, 6.07) is 1.15. The van der Waals surface area contributed by atoms with Gasteiger partial charge in [-0.05, 0) is 52.5 Å².